The highest BCUT2D eigenvalue weighted by Crippen LogP contribution is 2.37. The highest BCUT2D eigenvalue weighted by atomic mass is 32.2. The molecule has 2 aromatic rings. The lowest BCUT2D eigenvalue weighted by molar-refractivity contribution is 0.414. The summed E-state index contributed by atoms with van der Waals surface area (Å²) in [5.41, 5.74) is 4.21. The van der Waals surface area contributed by atoms with Gasteiger partial charge in [-0.1, -0.05) is 36.0 Å². The number of nitrogens with zero attached hydrogens (tertiary/aromatic N) is 1. The molecule has 0 bridgehead atoms. The number of amidine groups is 1. The van der Waals surface area contributed by atoms with E-state index in [1.165, 1.54) is 27.3 Å². The summed E-state index contributed by atoms with van der Waals surface area (Å²) >= 11 is 3.80. The standard InChI is InChI=1S/C20H22N2OS2/c1-23-15-5-2-4-14(12-15)13-18(22-20-21-9-11-25-20)16-6-3-7-19-17(16)8-10-24-19/h2-7,12,18H,8-11,13H2,1H3,(H,21,22). The summed E-state index contributed by atoms with van der Waals surface area (Å²) < 4.78 is 5.40. The Morgan fingerprint density at radius 1 is 1.16 bits per heavy atom. The van der Waals surface area contributed by atoms with Crippen molar-refractivity contribution in [2.24, 2.45) is 4.99 Å². The number of rotatable bonds is 5. The number of thioether (sulfide) groups is 2. The molecule has 0 saturated carbocycles. The summed E-state index contributed by atoms with van der Waals surface area (Å²) in [5, 5.41) is 4.79. The Balaban J connectivity index is 1.65. The monoisotopic (exact) mass is 370 g/mol. The highest BCUT2D eigenvalue weighted by molar-refractivity contribution is 8.14. The maximum atomic E-state index is 5.40. The van der Waals surface area contributed by atoms with Crippen LogP contribution in [-0.4, -0.2) is 30.3 Å². The molecule has 0 spiro atoms. The Kier molecular flexibility index (Phi) is 5.22. The van der Waals surface area contributed by atoms with Gasteiger partial charge < -0.3 is 10.1 Å². The lowest BCUT2D eigenvalue weighted by Crippen LogP contribution is -2.28. The van der Waals surface area contributed by atoms with Gasteiger partial charge in [0.25, 0.3) is 0 Å². The molecule has 25 heavy (non-hydrogen) atoms. The van der Waals surface area contributed by atoms with Gasteiger partial charge in [0.05, 0.1) is 19.7 Å². The van der Waals surface area contributed by atoms with Crippen LogP contribution in [0.3, 0.4) is 0 Å². The molecular formula is C20H22N2OS2. The van der Waals surface area contributed by atoms with E-state index < -0.39 is 0 Å². The van der Waals surface area contributed by atoms with Crippen molar-refractivity contribution in [2.75, 3.05) is 25.2 Å². The fourth-order valence-electron chi connectivity index (χ4n) is 3.42. The smallest absolute Gasteiger partial charge is 0.157 e. The predicted octanol–water partition coefficient (Wildman–Crippen LogP) is 4.32. The van der Waals surface area contributed by atoms with Crippen molar-refractivity contribution in [3.8, 4) is 5.75 Å². The van der Waals surface area contributed by atoms with Gasteiger partial charge in [-0.25, -0.2) is 0 Å². The van der Waals surface area contributed by atoms with E-state index in [2.05, 4.69) is 46.7 Å². The van der Waals surface area contributed by atoms with Crippen LogP contribution in [0.15, 0.2) is 52.4 Å². The van der Waals surface area contributed by atoms with Gasteiger partial charge in [0, 0.05) is 16.4 Å². The van der Waals surface area contributed by atoms with Gasteiger partial charge in [0.1, 0.15) is 5.75 Å². The number of benzene rings is 2. The van der Waals surface area contributed by atoms with E-state index in [9.17, 15) is 0 Å². The number of aliphatic imine (C=N–C) groups is 1. The first-order valence-electron chi connectivity index (χ1n) is 8.65. The Labute approximate surface area is 157 Å². The van der Waals surface area contributed by atoms with Crippen molar-refractivity contribution in [2.45, 2.75) is 23.8 Å². The maximum Gasteiger partial charge on any atom is 0.157 e. The third-order valence-corrected chi connectivity index (χ3v) is 6.62. The summed E-state index contributed by atoms with van der Waals surface area (Å²) in [4.78, 5) is 6.05. The van der Waals surface area contributed by atoms with Gasteiger partial charge in [-0.05, 0) is 47.7 Å². The third kappa shape index (κ3) is 3.82. The first-order chi connectivity index (χ1) is 12.3. The second-order valence-corrected chi connectivity index (χ2v) is 8.43. The van der Waals surface area contributed by atoms with Gasteiger partial charge in [-0.3, -0.25) is 4.99 Å². The van der Waals surface area contributed by atoms with Crippen molar-refractivity contribution in [3.63, 3.8) is 0 Å². The minimum Gasteiger partial charge on any atom is -0.497 e. The number of hydrogen-bond acceptors (Lipinski definition) is 5. The molecule has 130 valence electrons. The highest BCUT2D eigenvalue weighted by Gasteiger charge is 2.23. The molecule has 0 aromatic heterocycles. The quantitative estimate of drug-likeness (QED) is 0.850. The van der Waals surface area contributed by atoms with Crippen molar-refractivity contribution in [1.29, 1.82) is 0 Å². The molecule has 0 saturated heterocycles. The molecule has 2 aliphatic rings. The summed E-state index contributed by atoms with van der Waals surface area (Å²) in [6.45, 7) is 0.918. The molecular weight excluding hydrogens is 348 g/mol. The molecule has 1 unspecified atom stereocenters. The van der Waals surface area contributed by atoms with Crippen molar-refractivity contribution in [1.82, 2.24) is 5.32 Å². The van der Waals surface area contributed by atoms with E-state index in [1.54, 1.807) is 7.11 Å². The summed E-state index contributed by atoms with van der Waals surface area (Å²) in [7, 11) is 1.72. The average molecular weight is 371 g/mol. The topological polar surface area (TPSA) is 33.6 Å². The molecule has 2 aliphatic heterocycles. The number of nitrogens with one attached hydrogen (secondary N) is 1. The van der Waals surface area contributed by atoms with Gasteiger partial charge >= 0.3 is 0 Å². The fourth-order valence-corrected chi connectivity index (χ4v) is 5.30. The number of fused-ring (bicyclic) bond motifs is 1. The maximum absolute atomic E-state index is 5.40. The van der Waals surface area contributed by atoms with E-state index in [0.717, 1.165) is 36.1 Å². The van der Waals surface area contributed by atoms with Crippen LogP contribution in [0.5, 0.6) is 5.75 Å². The van der Waals surface area contributed by atoms with Crippen molar-refractivity contribution >= 4 is 28.7 Å². The van der Waals surface area contributed by atoms with E-state index >= 15 is 0 Å². The van der Waals surface area contributed by atoms with E-state index in [1.807, 2.05) is 29.6 Å². The van der Waals surface area contributed by atoms with Crippen LogP contribution in [0.4, 0.5) is 0 Å². The van der Waals surface area contributed by atoms with Crippen LogP contribution in [0.1, 0.15) is 22.7 Å². The molecule has 3 nitrogen and oxygen atoms in total. The third-order valence-electron chi connectivity index (χ3n) is 4.61. The number of ether oxygens (including phenoxy) is 1. The molecule has 0 amide bonds. The first-order valence-corrected chi connectivity index (χ1v) is 10.6. The molecule has 0 fully saturated rings. The zero-order valence-corrected chi connectivity index (χ0v) is 16.0. The SMILES string of the molecule is COc1cccc(CC(NC2=NCCS2)c2cccc3c2CCS3)c1. The zero-order chi connectivity index (χ0) is 17.1. The molecule has 1 N–H and O–H groups in total. The fraction of sp³-hybridized carbons (Fsp3) is 0.350. The van der Waals surface area contributed by atoms with Crippen LogP contribution in [0.2, 0.25) is 0 Å². The Morgan fingerprint density at radius 3 is 2.92 bits per heavy atom. The van der Waals surface area contributed by atoms with Crippen LogP contribution >= 0.6 is 23.5 Å². The zero-order valence-electron chi connectivity index (χ0n) is 14.3. The summed E-state index contributed by atoms with van der Waals surface area (Å²) in [6.07, 6.45) is 2.09. The molecule has 5 heteroatoms. The van der Waals surface area contributed by atoms with E-state index in [0.29, 0.717) is 0 Å². The number of methoxy groups -OCH3 is 1. The molecule has 0 aliphatic carbocycles. The van der Waals surface area contributed by atoms with Gasteiger partial charge in [-0.2, -0.15) is 0 Å². The minimum atomic E-state index is 0.241. The van der Waals surface area contributed by atoms with E-state index in [4.69, 9.17) is 4.74 Å². The van der Waals surface area contributed by atoms with Gasteiger partial charge in [0.2, 0.25) is 0 Å². The molecule has 0 radical (unpaired) electrons. The van der Waals surface area contributed by atoms with Crippen LogP contribution in [0.25, 0.3) is 0 Å². The van der Waals surface area contributed by atoms with Crippen molar-refractivity contribution in [3.05, 3.63) is 59.2 Å². The first kappa shape index (κ1) is 16.9. The molecule has 1 atom stereocenters. The predicted molar refractivity (Wildman–Crippen MR) is 108 cm³/mol. The van der Waals surface area contributed by atoms with E-state index in [-0.39, 0.29) is 6.04 Å². The van der Waals surface area contributed by atoms with Crippen molar-refractivity contribution < 1.29 is 4.74 Å². The average Bonchev–Trinajstić information content (AvgIpc) is 3.32. The van der Waals surface area contributed by atoms with Gasteiger partial charge in [-0.15, -0.1) is 11.8 Å². The lowest BCUT2D eigenvalue weighted by Gasteiger charge is -2.23. The molecule has 4 rings (SSSR count). The van der Waals surface area contributed by atoms with Crippen LogP contribution < -0.4 is 10.1 Å². The van der Waals surface area contributed by atoms with Crippen LogP contribution in [-0.2, 0) is 12.8 Å². The Morgan fingerprint density at radius 2 is 2.08 bits per heavy atom. The second kappa shape index (κ2) is 7.75. The largest absolute Gasteiger partial charge is 0.497 e. The van der Waals surface area contributed by atoms with Crippen LogP contribution in [0, 0.1) is 0 Å². The Hall–Kier alpha value is -1.59. The van der Waals surface area contributed by atoms with Gasteiger partial charge in [0.15, 0.2) is 5.17 Å². The molecule has 2 heterocycles. The normalized spacial score (nSPS) is 17.1. The second-order valence-electron chi connectivity index (χ2n) is 6.21. The number of hydrogen-bond donors (Lipinski definition) is 1. The summed E-state index contributed by atoms with van der Waals surface area (Å²) in [5.74, 6) is 3.18. The molecule has 2 aromatic carbocycles. The lowest BCUT2D eigenvalue weighted by atomic mass is 9.93. The minimum absolute atomic E-state index is 0.241. The Bertz CT molecular complexity index is 791. The summed E-state index contributed by atoms with van der Waals surface area (Å²) in [6, 6.07) is 15.3.